The van der Waals surface area contributed by atoms with Gasteiger partial charge in [0.2, 0.25) is 0 Å². The molecule has 0 fully saturated rings. The second-order valence-corrected chi connectivity index (χ2v) is 9.70. The van der Waals surface area contributed by atoms with Crippen LogP contribution in [-0.4, -0.2) is 30.0 Å². The number of halogens is 4. The smallest absolute Gasteiger partial charge is 0.416 e. The molecule has 39 heavy (non-hydrogen) atoms. The molecule has 0 saturated carbocycles. The maximum Gasteiger partial charge on any atom is 0.416 e. The van der Waals surface area contributed by atoms with Gasteiger partial charge in [0.05, 0.1) is 41.9 Å². The van der Waals surface area contributed by atoms with Crippen LogP contribution in [0.5, 0.6) is 23.0 Å². The SMILES string of the molecule is COc1cc2nccc(Oc3cc4sc(CC(=O)Cc5cccc(C(F)(F)F)c5)nc4cc3F)c2cc1OC. The number of hydrogen-bond acceptors (Lipinski definition) is 7. The Bertz CT molecular complexity index is 1700. The Balaban J connectivity index is 1.37. The zero-order valence-electron chi connectivity index (χ0n) is 20.6. The van der Waals surface area contributed by atoms with Crippen molar-refractivity contribution in [2.45, 2.75) is 19.0 Å². The number of alkyl halides is 3. The summed E-state index contributed by atoms with van der Waals surface area (Å²) in [5.74, 6) is 0.288. The first-order valence-corrected chi connectivity index (χ1v) is 12.4. The molecule has 0 bridgehead atoms. The van der Waals surface area contributed by atoms with E-state index in [-0.39, 0.29) is 29.9 Å². The summed E-state index contributed by atoms with van der Waals surface area (Å²) in [4.78, 5) is 21.2. The number of benzene rings is 3. The van der Waals surface area contributed by atoms with E-state index in [0.717, 1.165) is 12.1 Å². The molecule has 0 amide bonds. The second-order valence-electron chi connectivity index (χ2n) is 8.58. The van der Waals surface area contributed by atoms with Crippen molar-refractivity contribution in [2.24, 2.45) is 0 Å². The summed E-state index contributed by atoms with van der Waals surface area (Å²) < 4.78 is 71.1. The first-order chi connectivity index (χ1) is 18.6. The minimum atomic E-state index is -4.49. The van der Waals surface area contributed by atoms with E-state index < -0.39 is 17.6 Å². The van der Waals surface area contributed by atoms with Crippen LogP contribution in [0.1, 0.15) is 16.1 Å². The molecule has 0 spiro atoms. The van der Waals surface area contributed by atoms with Crippen molar-refractivity contribution >= 4 is 38.2 Å². The molecule has 6 nitrogen and oxygen atoms in total. The Morgan fingerprint density at radius 2 is 1.67 bits per heavy atom. The van der Waals surface area contributed by atoms with E-state index in [2.05, 4.69) is 9.97 Å². The normalized spacial score (nSPS) is 11.6. The number of ether oxygens (including phenoxy) is 3. The number of pyridine rings is 1. The third-order valence-electron chi connectivity index (χ3n) is 5.92. The first-order valence-electron chi connectivity index (χ1n) is 11.6. The molecule has 0 radical (unpaired) electrons. The van der Waals surface area contributed by atoms with Crippen LogP contribution in [0.25, 0.3) is 21.1 Å². The largest absolute Gasteiger partial charge is 0.493 e. The predicted molar refractivity (Wildman–Crippen MR) is 138 cm³/mol. The predicted octanol–water partition coefficient (Wildman–Crippen LogP) is 7.17. The van der Waals surface area contributed by atoms with Gasteiger partial charge in [-0.05, 0) is 23.8 Å². The lowest BCUT2D eigenvalue weighted by atomic mass is 10.0. The molecule has 5 aromatic rings. The van der Waals surface area contributed by atoms with Crippen LogP contribution in [0, 0.1) is 5.82 Å². The highest BCUT2D eigenvalue weighted by Gasteiger charge is 2.30. The molecular formula is C28H20F4N2O4S. The maximum absolute atomic E-state index is 15.0. The molecule has 200 valence electrons. The number of rotatable bonds is 8. The monoisotopic (exact) mass is 556 g/mol. The highest BCUT2D eigenvalue weighted by Crippen LogP contribution is 2.38. The Morgan fingerprint density at radius 3 is 2.41 bits per heavy atom. The quantitative estimate of drug-likeness (QED) is 0.189. The number of Topliss-reactive ketones (excluding diaryl/α,β-unsaturated/α-hetero) is 1. The molecule has 0 aliphatic rings. The van der Waals surface area contributed by atoms with E-state index in [0.29, 0.717) is 43.4 Å². The second kappa shape index (κ2) is 10.5. The number of carbonyl (C=O) groups is 1. The number of aromatic nitrogens is 2. The summed E-state index contributed by atoms with van der Waals surface area (Å²) in [5, 5.41) is 1.00. The molecule has 0 aliphatic carbocycles. The molecule has 11 heteroatoms. The fraction of sp³-hybridized carbons (Fsp3) is 0.179. The summed E-state index contributed by atoms with van der Waals surface area (Å²) in [6, 6.07) is 12.3. The van der Waals surface area contributed by atoms with Crippen LogP contribution in [0.3, 0.4) is 0 Å². The Kier molecular flexibility index (Phi) is 7.09. The number of methoxy groups -OCH3 is 2. The third-order valence-corrected chi connectivity index (χ3v) is 6.94. The molecule has 5 rings (SSSR count). The van der Waals surface area contributed by atoms with Gasteiger partial charge in [-0.3, -0.25) is 9.78 Å². The maximum atomic E-state index is 15.0. The topological polar surface area (TPSA) is 70.5 Å². The summed E-state index contributed by atoms with van der Waals surface area (Å²) in [6.45, 7) is 0. The van der Waals surface area contributed by atoms with E-state index >= 15 is 0 Å². The zero-order chi connectivity index (χ0) is 27.7. The number of fused-ring (bicyclic) bond motifs is 2. The standard InChI is InChI=1S/C28H20F4N2O4S/c1-36-24-11-18-20(13-25(24)37-2)33-7-6-22(18)38-23-14-26-21(12-19(23)29)34-27(39-26)10-17(35)9-15-4-3-5-16(8-15)28(30,31)32/h3-8,11-14H,9-10H2,1-2H3. The summed E-state index contributed by atoms with van der Waals surface area (Å²) in [7, 11) is 3.01. The number of carbonyl (C=O) groups excluding carboxylic acids is 1. The van der Waals surface area contributed by atoms with Gasteiger partial charge in [-0.2, -0.15) is 13.2 Å². The van der Waals surface area contributed by atoms with Gasteiger partial charge in [0.1, 0.15) is 16.5 Å². The van der Waals surface area contributed by atoms with Crippen molar-refractivity contribution < 1.29 is 36.6 Å². The fourth-order valence-electron chi connectivity index (χ4n) is 4.10. The van der Waals surface area contributed by atoms with Crippen LogP contribution in [-0.2, 0) is 23.8 Å². The minimum Gasteiger partial charge on any atom is -0.493 e. The molecule has 0 N–H and O–H groups in total. The van der Waals surface area contributed by atoms with Gasteiger partial charge >= 0.3 is 6.18 Å². The lowest BCUT2D eigenvalue weighted by Crippen LogP contribution is -2.09. The van der Waals surface area contributed by atoms with Gasteiger partial charge in [0.25, 0.3) is 0 Å². The molecule has 2 heterocycles. The van der Waals surface area contributed by atoms with Gasteiger partial charge in [-0.15, -0.1) is 11.3 Å². The van der Waals surface area contributed by atoms with E-state index in [1.807, 2.05) is 0 Å². The van der Waals surface area contributed by atoms with Crippen molar-refractivity contribution in [1.29, 1.82) is 0 Å². The average Bonchev–Trinajstić information content (AvgIpc) is 3.28. The third kappa shape index (κ3) is 5.63. The Morgan fingerprint density at radius 1 is 0.897 bits per heavy atom. The summed E-state index contributed by atoms with van der Waals surface area (Å²) >= 11 is 1.18. The van der Waals surface area contributed by atoms with E-state index in [1.165, 1.54) is 56.0 Å². The van der Waals surface area contributed by atoms with Crippen molar-refractivity contribution in [3.05, 3.63) is 82.7 Å². The van der Waals surface area contributed by atoms with E-state index in [4.69, 9.17) is 14.2 Å². The zero-order valence-corrected chi connectivity index (χ0v) is 21.5. The van der Waals surface area contributed by atoms with E-state index in [1.54, 1.807) is 18.2 Å². The number of ketones is 1. The van der Waals surface area contributed by atoms with Crippen molar-refractivity contribution in [1.82, 2.24) is 9.97 Å². The first kappa shape index (κ1) is 26.4. The number of nitrogens with zero attached hydrogens (tertiary/aromatic N) is 2. The number of hydrogen-bond donors (Lipinski definition) is 0. The van der Waals surface area contributed by atoms with Gasteiger partial charge in [0, 0.05) is 36.2 Å². The van der Waals surface area contributed by atoms with Crippen LogP contribution in [0.15, 0.2) is 60.8 Å². The van der Waals surface area contributed by atoms with Crippen LogP contribution < -0.4 is 14.2 Å². The lowest BCUT2D eigenvalue weighted by Gasteiger charge is -2.12. The molecule has 0 aliphatic heterocycles. The minimum absolute atomic E-state index is 0.0460. The van der Waals surface area contributed by atoms with Gasteiger partial charge in [-0.1, -0.05) is 18.2 Å². The molecule has 0 atom stereocenters. The highest BCUT2D eigenvalue weighted by molar-refractivity contribution is 7.18. The molecular weight excluding hydrogens is 536 g/mol. The average molecular weight is 557 g/mol. The fourth-order valence-corrected chi connectivity index (χ4v) is 5.11. The highest BCUT2D eigenvalue weighted by atomic mass is 32.1. The molecule has 0 saturated heterocycles. The molecule has 2 aromatic heterocycles. The molecule has 3 aromatic carbocycles. The molecule has 0 unspecified atom stereocenters. The van der Waals surface area contributed by atoms with Crippen LogP contribution in [0.2, 0.25) is 0 Å². The lowest BCUT2D eigenvalue weighted by molar-refractivity contribution is -0.137. The van der Waals surface area contributed by atoms with Crippen molar-refractivity contribution in [3.63, 3.8) is 0 Å². The Hall–Kier alpha value is -4.25. The van der Waals surface area contributed by atoms with Gasteiger partial charge < -0.3 is 14.2 Å². The van der Waals surface area contributed by atoms with Gasteiger partial charge in [-0.25, -0.2) is 9.37 Å². The van der Waals surface area contributed by atoms with Crippen LogP contribution >= 0.6 is 11.3 Å². The summed E-state index contributed by atoms with van der Waals surface area (Å²) in [6.07, 6.45) is -3.23. The van der Waals surface area contributed by atoms with Gasteiger partial charge in [0.15, 0.2) is 23.1 Å². The van der Waals surface area contributed by atoms with E-state index in [9.17, 15) is 22.4 Å². The summed E-state index contributed by atoms with van der Waals surface area (Å²) in [5.41, 5.74) is 0.357. The van der Waals surface area contributed by atoms with Crippen molar-refractivity contribution in [2.75, 3.05) is 14.2 Å². The number of thiazole rings is 1. The van der Waals surface area contributed by atoms with Crippen molar-refractivity contribution in [3.8, 4) is 23.0 Å². The van der Waals surface area contributed by atoms with Crippen LogP contribution in [0.4, 0.5) is 17.6 Å². The Labute approximate surface area is 223 Å².